The largest absolute Gasteiger partial charge is 0.506 e. The number of ketones is 1. The highest BCUT2D eigenvalue weighted by Crippen LogP contribution is 2.63. The lowest BCUT2D eigenvalue weighted by molar-refractivity contribution is -0.325. The van der Waals surface area contributed by atoms with Crippen LogP contribution in [0.1, 0.15) is 70.9 Å². The summed E-state index contributed by atoms with van der Waals surface area (Å²) >= 11 is 0. The number of carbonyl (C=O) groups excluding carboxylic acids is 1. The van der Waals surface area contributed by atoms with Gasteiger partial charge in [0.1, 0.15) is 35.4 Å². The molecule has 2 saturated heterocycles. The van der Waals surface area contributed by atoms with Gasteiger partial charge in [0.25, 0.3) is 0 Å². The zero-order valence-corrected chi connectivity index (χ0v) is 31.6. The predicted octanol–water partition coefficient (Wildman–Crippen LogP) is 4.64. The molecule has 9 atom stereocenters. The molecule has 298 valence electrons. The van der Waals surface area contributed by atoms with Gasteiger partial charge < -0.3 is 49.6 Å². The summed E-state index contributed by atoms with van der Waals surface area (Å²) in [6.07, 6.45) is -1.12. The first-order valence-corrected chi connectivity index (χ1v) is 19.6. The molecule has 3 aromatic carbocycles. The molecular formula is C44H50O12. The highest BCUT2D eigenvalue weighted by molar-refractivity contribution is 6.09. The second-order valence-corrected chi connectivity index (χ2v) is 16.3. The number of rotatable bonds is 10. The van der Waals surface area contributed by atoms with Crippen LogP contribution in [0.3, 0.4) is 0 Å². The van der Waals surface area contributed by atoms with Gasteiger partial charge in [0, 0.05) is 25.0 Å². The third-order valence-corrected chi connectivity index (χ3v) is 13.4. The van der Waals surface area contributed by atoms with E-state index in [0.717, 1.165) is 23.1 Å². The smallest absolute Gasteiger partial charge is 0.335 e. The van der Waals surface area contributed by atoms with Crippen LogP contribution in [-0.2, 0) is 20.6 Å². The lowest BCUT2D eigenvalue weighted by atomic mass is 9.51. The van der Waals surface area contributed by atoms with Crippen molar-refractivity contribution in [2.75, 3.05) is 33.0 Å². The van der Waals surface area contributed by atoms with Crippen molar-refractivity contribution in [2.24, 2.45) is 23.2 Å². The number of aliphatic hydroxyl groups is 4. The van der Waals surface area contributed by atoms with Gasteiger partial charge in [0.05, 0.1) is 36.3 Å². The van der Waals surface area contributed by atoms with Crippen molar-refractivity contribution in [2.45, 2.75) is 82.6 Å². The molecule has 56 heavy (non-hydrogen) atoms. The molecular weight excluding hydrogens is 720 g/mol. The SMILES string of the molecule is Cc1cc2cc(C(=O)O)cc(O[C@@H]3O[C@H](CO)[C@]4(C[C@@H]5C6=C(CC=C6[C@]6(CCO)COCC[C@H]6[C@@H]5C)CO4)[C@H](O)[C@H]3O)c2c(O)c1C(=O)CCc1ccccc1. The zero-order chi connectivity index (χ0) is 39.5. The van der Waals surface area contributed by atoms with Crippen molar-refractivity contribution in [3.63, 3.8) is 0 Å². The molecule has 3 heterocycles. The number of phenolic OH excluding ortho intramolecular Hbond substituents is 1. The summed E-state index contributed by atoms with van der Waals surface area (Å²) < 4.78 is 25.2. The first-order chi connectivity index (χ1) is 26.9. The molecule has 1 spiro atoms. The van der Waals surface area contributed by atoms with Crippen molar-refractivity contribution in [3.8, 4) is 11.5 Å². The Bertz CT molecular complexity index is 2080. The summed E-state index contributed by atoms with van der Waals surface area (Å²) in [6, 6.07) is 13.6. The van der Waals surface area contributed by atoms with E-state index in [1.165, 1.54) is 17.7 Å². The Morgan fingerprint density at radius 1 is 1.07 bits per heavy atom. The second-order valence-electron chi connectivity index (χ2n) is 16.3. The Morgan fingerprint density at radius 3 is 2.59 bits per heavy atom. The van der Waals surface area contributed by atoms with Crippen molar-refractivity contribution in [1.29, 1.82) is 0 Å². The number of fused-ring (bicyclic) bond motifs is 3. The third-order valence-electron chi connectivity index (χ3n) is 13.4. The number of aliphatic hydroxyl groups excluding tert-OH is 4. The zero-order valence-electron chi connectivity index (χ0n) is 31.6. The molecule has 0 aromatic heterocycles. The standard InChI is InChI=1S/C44H50O12/c1-23-16-27-17-28(41(51)52)18-33(37(27)38(48)35(23)32(47)11-8-25-6-4-3-5-7-25)55-42-39(49)40(50)44(34(20-46)56-42)19-29-24(2)30-12-15-53-22-43(30,13-14-45)31-10-9-26(21-54-44)36(29)31/h3-7,10,16-18,24,29-30,34,39-40,42,45-46,48-50H,8-9,11-15,19-22H2,1-2H3,(H,51,52)/t24-,29+,30+,34-,39-,40-,42-,43-,44-/m1/s1. The van der Waals surface area contributed by atoms with Crippen LogP contribution in [0.2, 0.25) is 0 Å². The summed E-state index contributed by atoms with van der Waals surface area (Å²) in [5, 5.41) is 67.1. The van der Waals surface area contributed by atoms with Crippen LogP contribution in [0.15, 0.2) is 71.3 Å². The first kappa shape index (κ1) is 38.7. The van der Waals surface area contributed by atoms with E-state index >= 15 is 0 Å². The van der Waals surface area contributed by atoms with Crippen LogP contribution in [0.5, 0.6) is 11.5 Å². The van der Waals surface area contributed by atoms with Gasteiger partial charge in [-0.3, -0.25) is 4.79 Å². The van der Waals surface area contributed by atoms with Crippen LogP contribution < -0.4 is 4.74 Å². The monoisotopic (exact) mass is 770 g/mol. The molecule has 0 radical (unpaired) electrons. The van der Waals surface area contributed by atoms with E-state index in [4.69, 9.17) is 18.9 Å². The number of aromatic hydroxyl groups is 1. The maximum absolute atomic E-state index is 13.6. The van der Waals surface area contributed by atoms with Gasteiger partial charge in [-0.2, -0.15) is 0 Å². The molecule has 0 unspecified atom stereocenters. The molecule has 3 aliphatic heterocycles. The summed E-state index contributed by atoms with van der Waals surface area (Å²) in [5.41, 5.74) is 2.79. The quantitative estimate of drug-likeness (QED) is 0.157. The Morgan fingerprint density at radius 2 is 1.86 bits per heavy atom. The number of hydrogen-bond donors (Lipinski definition) is 6. The van der Waals surface area contributed by atoms with Gasteiger partial charge in [-0.15, -0.1) is 0 Å². The molecule has 1 saturated carbocycles. The Balaban J connectivity index is 1.11. The molecule has 3 fully saturated rings. The average molecular weight is 771 g/mol. The van der Waals surface area contributed by atoms with Crippen LogP contribution in [0.25, 0.3) is 10.8 Å². The van der Waals surface area contributed by atoms with Crippen LogP contribution in [0, 0.1) is 30.1 Å². The van der Waals surface area contributed by atoms with E-state index in [1.54, 1.807) is 13.0 Å². The maximum Gasteiger partial charge on any atom is 0.335 e. The Labute approximate surface area is 325 Å². The molecule has 12 nitrogen and oxygen atoms in total. The minimum atomic E-state index is -1.74. The number of ether oxygens (including phenoxy) is 4. The minimum Gasteiger partial charge on any atom is -0.506 e. The summed E-state index contributed by atoms with van der Waals surface area (Å²) in [4.78, 5) is 25.9. The van der Waals surface area contributed by atoms with Gasteiger partial charge in [0.2, 0.25) is 6.29 Å². The van der Waals surface area contributed by atoms with Gasteiger partial charge in [-0.05, 0) is 102 Å². The second kappa shape index (κ2) is 15.0. The van der Waals surface area contributed by atoms with Crippen molar-refractivity contribution < 1.29 is 59.2 Å². The van der Waals surface area contributed by atoms with Crippen LogP contribution in [0.4, 0.5) is 0 Å². The Hall–Kier alpha value is -4.14. The minimum absolute atomic E-state index is 0.0261. The highest BCUT2D eigenvalue weighted by atomic mass is 16.7. The maximum atomic E-state index is 13.6. The molecule has 5 aliphatic rings. The molecule has 6 N–H and O–H groups in total. The topological polar surface area (TPSA) is 192 Å². The fourth-order valence-corrected chi connectivity index (χ4v) is 10.7. The number of allylic oxidation sites excluding steroid dienone is 2. The number of Topliss-reactive ketones (excluding diaryl/α,β-unsaturated/α-hetero) is 1. The predicted molar refractivity (Wildman–Crippen MR) is 204 cm³/mol. The van der Waals surface area contributed by atoms with Crippen LogP contribution >= 0.6 is 0 Å². The average Bonchev–Trinajstić information content (AvgIpc) is 3.55. The number of aromatic carboxylic acids is 1. The fourth-order valence-electron chi connectivity index (χ4n) is 10.7. The number of carboxylic acids is 1. The van der Waals surface area contributed by atoms with Gasteiger partial charge in [-0.25, -0.2) is 4.79 Å². The van der Waals surface area contributed by atoms with Gasteiger partial charge >= 0.3 is 5.97 Å². The van der Waals surface area contributed by atoms with Gasteiger partial charge in [0.15, 0.2) is 5.78 Å². The van der Waals surface area contributed by atoms with E-state index in [1.807, 2.05) is 30.3 Å². The van der Waals surface area contributed by atoms with E-state index in [2.05, 4.69) is 13.0 Å². The lowest BCUT2D eigenvalue weighted by Gasteiger charge is -2.57. The molecule has 8 rings (SSSR count). The summed E-state index contributed by atoms with van der Waals surface area (Å²) in [5.74, 6) is -2.01. The van der Waals surface area contributed by atoms with Crippen LogP contribution in [-0.4, -0.2) is 106 Å². The van der Waals surface area contributed by atoms with Crippen molar-refractivity contribution in [1.82, 2.24) is 0 Å². The number of carbonyl (C=O) groups is 2. The van der Waals surface area contributed by atoms with E-state index in [0.29, 0.717) is 38.0 Å². The van der Waals surface area contributed by atoms with E-state index < -0.39 is 48.5 Å². The third kappa shape index (κ3) is 6.17. The summed E-state index contributed by atoms with van der Waals surface area (Å²) in [6.45, 7) is 4.54. The van der Waals surface area contributed by atoms with Crippen molar-refractivity contribution >= 4 is 22.5 Å². The Kier molecular flexibility index (Phi) is 10.4. The molecule has 12 heteroatoms. The van der Waals surface area contributed by atoms with E-state index in [9.17, 15) is 40.2 Å². The highest BCUT2D eigenvalue weighted by Gasteiger charge is 2.63. The normalized spacial score (nSPS) is 32.5. The van der Waals surface area contributed by atoms with E-state index in [-0.39, 0.29) is 82.7 Å². The van der Waals surface area contributed by atoms with Gasteiger partial charge in [-0.1, -0.05) is 49.4 Å². The lowest BCUT2D eigenvalue weighted by Crippen LogP contribution is -2.69. The molecule has 0 amide bonds. The number of phenols is 1. The fraction of sp³-hybridized carbons (Fsp3) is 0.500. The summed E-state index contributed by atoms with van der Waals surface area (Å²) in [7, 11) is 0. The molecule has 0 bridgehead atoms. The number of hydrogen-bond acceptors (Lipinski definition) is 11. The number of aryl methyl sites for hydroxylation is 2. The molecule has 3 aromatic rings. The first-order valence-electron chi connectivity index (χ1n) is 19.6. The van der Waals surface area contributed by atoms with Crippen molar-refractivity contribution in [3.05, 3.63) is 93.6 Å². The number of benzene rings is 3. The number of carboxylic acid groups (broad SMARTS) is 1. The molecule has 2 aliphatic carbocycles.